The van der Waals surface area contributed by atoms with Crippen molar-refractivity contribution < 1.29 is 9.84 Å². The molecule has 15 heavy (non-hydrogen) atoms. The van der Waals surface area contributed by atoms with Gasteiger partial charge in [0.15, 0.2) is 0 Å². The van der Waals surface area contributed by atoms with Crippen LogP contribution in [0, 0.1) is 6.92 Å². The Labute approximate surface area is 94.8 Å². The maximum atomic E-state index is 9.63. The van der Waals surface area contributed by atoms with Crippen LogP contribution in [0.15, 0.2) is 0 Å². The Morgan fingerprint density at radius 3 is 2.80 bits per heavy atom. The molecule has 1 heterocycles. The van der Waals surface area contributed by atoms with Crippen LogP contribution in [0.3, 0.4) is 0 Å². The van der Waals surface area contributed by atoms with Crippen LogP contribution in [0.25, 0.3) is 0 Å². The molecule has 1 atom stereocenters. The molecule has 0 aliphatic heterocycles. The fraction of sp³-hybridized carbons (Fsp3) is 0.700. The predicted molar refractivity (Wildman–Crippen MR) is 59.2 cm³/mol. The Morgan fingerprint density at radius 2 is 2.27 bits per heavy atom. The highest BCUT2D eigenvalue weighted by Crippen LogP contribution is 2.21. The monoisotopic (exact) mass is 232 g/mol. The van der Waals surface area contributed by atoms with E-state index in [1.165, 1.54) is 0 Å². The molecular formula is C10H17ClN2O2. The van der Waals surface area contributed by atoms with Crippen LogP contribution in [0.4, 0.5) is 0 Å². The Bertz CT molecular complexity index is 325. The van der Waals surface area contributed by atoms with E-state index in [4.69, 9.17) is 16.3 Å². The van der Waals surface area contributed by atoms with Crippen molar-refractivity contribution in [2.24, 2.45) is 0 Å². The number of ether oxygens (including phenoxy) is 1. The number of hydrogen-bond donors (Lipinski definition) is 1. The lowest BCUT2D eigenvalue weighted by atomic mass is 10.2. The maximum Gasteiger partial charge on any atom is 0.0848 e. The summed E-state index contributed by atoms with van der Waals surface area (Å²) in [5.41, 5.74) is 1.68. The summed E-state index contributed by atoms with van der Waals surface area (Å²) in [6, 6.07) is 0. The fourth-order valence-electron chi connectivity index (χ4n) is 1.54. The second-order valence-electron chi connectivity index (χ2n) is 3.48. The number of aryl methyl sites for hydroxylation is 2. The van der Waals surface area contributed by atoms with E-state index in [9.17, 15) is 5.11 Å². The number of methoxy groups -OCH3 is 1. The summed E-state index contributed by atoms with van der Waals surface area (Å²) in [6.07, 6.45) is -0.0599. The number of aliphatic hydroxyl groups excluding tert-OH is 1. The lowest BCUT2D eigenvalue weighted by Crippen LogP contribution is -2.19. The summed E-state index contributed by atoms with van der Waals surface area (Å²) in [5, 5.41) is 14.6. The predicted octanol–water partition coefficient (Wildman–Crippen LogP) is 1.41. The molecule has 0 radical (unpaired) electrons. The molecule has 1 aromatic rings. The fourth-order valence-corrected chi connectivity index (χ4v) is 1.75. The summed E-state index contributed by atoms with van der Waals surface area (Å²) in [6.45, 7) is 4.92. The zero-order chi connectivity index (χ0) is 11.4. The molecule has 1 rings (SSSR count). The van der Waals surface area contributed by atoms with E-state index < -0.39 is 6.10 Å². The van der Waals surface area contributed by atoms with Gasteiger partial charge in [0.05, 0.1) is 29.1 Å². The van der Waals surface area contributed by atoms with Crippen molar-refractivity contribution in [1.82, 2.24) is 9.78 Å². The van der Waals surface area contributed by atoms with Crippen molar-refractivity contribution in [3.8, 4) is 0 Å². The quantitative estimate of drug-likeness (QED) is 0.835. The van der Waals surface area contributed by atoms with Crippen molar-refractivity contribution in [3.63, 3.8) is 0 Å². The first-order chi connectivity index (χ1) is 7.10. The van der Waals surface area contributed by atoms with Crippen LogP contribution in [0.2, 0.25) is 5.02 Å². The lowest BCUT2D eigenvalue weighted by molar-refractivity contribution is 0.0637. The van der Waals surface area contributed by atoms with Crippen LogP contribution in [-0.4, -0.2) is 34.7 Å². The topological polar surface area (TPSA) is 47.3 Å². The molecule has 0 bridgehead atoms. The highest BCUT2D eigenvalue weighted by atomic mass is 35.5. The van der Waals surface area contributed by atoms with Gasteiger partial charge in [0, 0.05) is 20.1 Å². The van der Waals surface area contributed by atoms with Gasteiger partial charge in [-0.1, -0.05) is 11.6 Å². The molecule has 0 aromatic carbocycles. The highest BCUT2D eigenvalue weighted by Gasteiger charge is 2.16. The Hall–Kier alpha value is -0.580. The third kappa shape index (κ3) is 2.93. The summed E-state index contributed by atoms with van der Waals surface area (Å²) < 4.78 is 6.69. The van der Waals surface area contributed by atoms with E-state index in [-0.39, 0.29) is 0 Å². The molecule has 0 saturated heterocycles. The first-order valence-electron chi connectivity index (χ1n) is 4.98. The van der Waals surface area contributed by atoms with E-state index in [0.29, 0.717) is 18.1 Å². The zero-order valence-corrected chi connectivity index (χ0v) is 10.1. The average Bonchev–Trinajstić information content (AvgIpc) is 2.46. The third-order valence-electron chi connectivity index (χ3n) is 2.24. The molecule has 86 valence electrons. The molecule has 0 amide bonds. The van der Waals surface area contributed by atoms with E-state index in [2.05, 4.69) is 5.10 Å². The minimum atomic E-state index is -0.533. The van der Waals surface area contributed by atoms with Gasteiger partial charge < -0.3 is 9.84 Å². The van der Waals surface area contributed by atoms with Crippen LogP contribution >= 0.6 is 11.6 Å². The van der Waals surface area contributed by atoms with Crippen molar-refractivity contribution in [2.75, 3.05) is 13.7 Å². The molecule has 0 spiro atoms. The third-order valence-corrected chi connectivity index (χ3v) is 2.73. The van der Waals surface area contributed by atoms with Crippen LogP contribution in [0.1, 0.15) is 18.3 Å². The Balaban J connectivity index is 2.82. The molecule has 5 heteroatoms. The van der Waals surface area contributed by atoms with Gasteiger partial charge in [0.1, 0.15) is 0 Å². The maximum absolute atomic E-state index is 9.63. The Kier molecular flexibility index (Phi) is 4.57. The van der Waals surface area contributed by atoms with E-state index in [0.717, 1.165) is 17.9 Å². The first kappa shape index (κ1) is 12.5. The average molecular weight is 233 g/mol. The van der Waals surface area contributed by atoms with Gasteiger partial charge in [0.2, 0.25) is 0 Å². The molecule has 1 N–H and O–H groups in total. The zero-order valence-electron chi connectivity index (χ0n) is 9.33. The molecule has 4 nitrogen and oxygen atoms in total. The molecule has 0 fully saturated rings. The Morgan fingerprint density at radius 1 is 1.60 bits per heavy atom. The molecule has 0 aliphatic carbocycles. The normalized spacial score (nSPS) is 13.1. The van der Waals surface area contributed by atoms with Crippen molar-refractivity contribution in [2.45, 2.75) is 32.9 Å². The second kappa shape index (κ2) is 5.49. The van der Waals surface area contributed by atoms with Crippen molar-refractivity contribution in [3.05, 3.63) is 16.4 Å². The number of nitrogens with zero attached hydrogens (tertiary/aromatic N) is 2. The molecule has 1 aromatic heterocycles. The number of aliphatic hydroxyl groups is 1. The molecular weight excluding hydrogens is 216 g/mol. The number of aromatic nitrogens is 2. The highest BCUT2D eigenvalue weighted by molar-refractivity contribution is 6.31. The molecule has 1 unspecified atom stereocenters. The van der Waals surface area contributed by atoms with E-state index >= 15 is 0 Å². The van der Waals surface area contributed by atoms with Crippen molar-refractivity contribution >= 4 is 11.6 Å². The number of rotatable bonds is 5. The molecule has 0 saturated carbocycles. The summed E-state index contributed by atoms with van der Waals surface area (Å²) in [5.74, 6) is 0. The van der Waals surface area contributed by atoms with Gasteiger partial charge in [0.25, 0.3) is 0 Å². The largest absolute Gasteiger partial charge is 0.390 e. The first-order valence-corrected chi connectivity index (χ1v) is 5.36. The SMILES string of the molecule is CCn1nc(C)c(Cl)c1CC(O)COC. The van der Waals surface area contributed by atoms with Gasteiger partial charge in [-0.05, 0) is 13.8 Å². The smallest absolute Gasteiger partial charge is 0.0848 e. The van der Waals surface area contributed by atoms with Crippen LogP contribution < -0.4 is 0 Å². The van der Waals surface area contributed by atoms with Gasteiger partial charge in [-0.2, -0.15) is 5.10 Å². The van der Waals surface area contributed by atoms with Gasteiger partial charge in [-0.3, -0.25) is 4.68 Å². The van der Waals surface area contributed by atoms with E-state index in [1.54, 1.807) is 7.11 Å². The van der Waals surface area contributed by atoms with Gasteiger partial charge >= 0.3 is 0 Å². The number of halogens is 1. The van der Waals surface area contributed by atoms with Crippen molar-refractivity contribution in [1.29, 1.82) is 0 Å². The minimum absolute atomic E-state index is 0.310. The van der Waals surface area contributed by atoms with Gasteiger partial charge in [-0.25, -0.2) is 0 Å². The minimum Gasteiger partial charge on any atom is -0.390 e. The summed E-state index contributed by atoms with van der Waals surface area (Å²) >= 11 is 6.10. The summed E-state index contributed by atoms with van der Waals surface area (Å²) in [4.78, 5) is 0. The van der Waals surface area contributed by atoms with Gasteiger partial charge in [-0.15, -0.1) is 0 Å². The lowest BCUT2D eigenvalue weighted by Gasteiger charge is -2.10. The standard InChI is InChI=1S/C10H17ClN2O2/c1-4-13-9(5-8(14)6-15-3)10(11)7(2)12-13/h8,14H,4-6H2,1-3H3. The van der Waals surface area contributed by atoms with Crippen LogP contribution in [0.5, 0.6) is 0 Å². The van der Waals surface area contributed by atoms with E-state index in [1.807, 2.05) is 18.5 Å². The molecule has 0 aliphatic rings. The number of hydrogen-bond acceptors (Lipinski definition) is 3. The summed E-state index contributed by atoms with van der Waals surface area (Å²) in [7, 11) is 1.56. The van der Waals surface area contributed by atoms with Crippen LogP contribution in [-0.2, 0) is 17.7 Å². The second-order valence-corrected chi connectivity index (χ2v) is 3.85.